The molecule has 0 saturated carbocycles. The molecule has 0 saturated heterocycles. The molecule has 3 aliphatic rings. The number of methoxy groups -OCH3 is 1. The normalized spacial score (nSPS) is 24.5. The van der Waals surface area contributed by atoms with Crippen molar-refractivity contribution in [1.29, 1.82) is 0 Å². The Balaban J connectivity index is 1.72. The molecule has 0 aromatic carbocycles. The molecule has 1 heterocycles. The predicted molar refractivity (Wildman–Crippen MR) is 108 cm³/mol. The van der Waals surface area contributed by atoms with Crippen LogP contribution >= 0.6 is 39.3 Å². The van der Waals surface area contributed by atoms with Crippen molar-refractivity contribution in [1.82, 2.24) is 5.32 Å². The molecule has 0 radical (unpaired) electrons. The number of allylic oxidation sites excluding steroid dienone is 5. The lowest BCUT2D eigenvalue weighted by Crippen LogP contribution is -2.32. The van der Waals surface area contributed by atoms with Crippen molar-refractivity contribution in [3.63, 3.8) is 0 Å². The molecule has 0 spiro atoms. The first-order valence-electron chi connectivity index (χ1n) is 8.27. The summed E-state index contributed by atoms with van der Waals surface area (Å²) in [7, 11) is 1.74. The Labute approximate surface area is 161 Å². The van der Waals surface area contributed by atoms with Crippen molar-refractivity contribution < 1.29 is 4.74 Å². The largest absolute Gasteiger partial charge is 0.500 e. The van der Waals surface area contributed by atoms with E-state index in [1.54, 1.807) is 7.11 Å². The van der Waals surface area contributed by atoms with Crippen molar-refractivity contribution in [3.8, 4) is 0 Å². The minimum Gasteiger partial charge on any atom is -0.500 e. The lowest BCUT2D eigenvalue weighted by atomic mass is 9.97. The zero-order valence-corrected chi connectivity index (χ0v) is 16.9. The summed E-state index contributed by atoms with van der Waals surface area (Å²) in [6.45, 7) is 1.89. The van der Waals surface area contributed by atoms with Crippen LogP contribution in [0.1, 0.15) is 25.7 Å². The fraction of sp³-hybridized carbons (Fsp3) is 0.500. The van der Waals surface area contributed by atoms with Crippen LogP contribution in [0.2, 0.25) is 0 Å². The van der Waals surface area contributed by atoms with Crippen LogP contribution in [0.5, 0.6) is 0 Å². The van der Waals surface area contributed by atoms with E-state index in [0.29, 0.717) is 5.25 Å². The fourth-order valence-electron chi connectivity index (χ4n) is 3.02. The summed E-state index contributed by atoms with van der Waals surface area (Å²) < 4.78 is 6.74. The third kappa shape index (κ3) is 4.30. The van der Waals surface area contributed by atoms with Crippen LogP contribution in [0.4, 0.5) is 0 Å². The van der Waals surface area contributed by atoms with Crippen LogP contribution in [0.25, 0.3) is 0 Å². The van der Waals surface area contributed by atoms with Gasteiger partial charge in [0.15, 0.2) is 0 Å². The van der Waals surface area contributed by atoms with E-state index >= 15 is 0 Å². The maximum atomic E-state index is 6.59. The van der Waals surface area contributed by atoms with Gasteiger partial charge < -0.3 is 10.1 Å². The van der Waals surface area contributed by atoms with Gasteiger partial charge in [-0.25, -0.2) is 0 Å². The van der Waals surface area contributed by atoms with E-state index in [2.05, 4.69) is 38.4 Å². The summed E-state index contributed by atoms with van der Waals surface area (Å²) in [6.07, 6.45) is 10.4. The minimum atomic E-state index is 0.316. The summed E-state index contributed by atoms with van der Waals surface area (Å²) >= 11 is 12.1. The first-order valence-corrected chi connectivity index (χ1v) is 10.5. The van der Waals surface area contributed by atoms with Crippen LogP contribution in [0, 0.1) is 0 Å². The molecule has 0 bridgehead atoms. The van der Waals surface area contributed by atoms with Crippen LogP contribution in [0.3, 0.4) is 0 Å². The monoisotopic (exact) mass is 428 g/mol. The quantitative estimate of drug-likeness (QED) is 0.674. The number of rotatable bonds is 5. The number of amidine groups is 1. The molecule has 6 heteroatoms. The Morgan fingerprint density at radius 2 is 2.33 bits per heavy atom. The lowest BCUT2D eigenvalue weighted by molar-refractivity contribution is 0.279. The summed E-state index contributed by atoms with van der Waals surface area (Å²) in [5.74, 6) is 2.91. The molecule has 0 amide bonds. The second-order valence-electron chi connectivity index (χ2n) is 5.94. The van der Waals surface area contributed by atoms with Gasteiger partial charge >= 0.3 is 0 Å². The van der Waals surface area contributed by atoms with Gasteiger partial charge in [-0.3, -0.25) is 4.99 Å². The molecule has 3 rings (SSSR count). The molecule has 24 heavy (non-hydrogen) atoms. The molecule has 0 fully saturated rings. The highest BCUT2D eigenvalue weighted by atomic mass is 79.9. The summed E-state index contributed by atoms with van der Waals surface area (Å²) in [5.41, 5.74) is 2.43. The molecule has 0 aromatic rings. The zero-order valence-electron chi connectivity index (χ0n) is 13.8. The third-order valence-electron chi connectivity index (χ3n) is 4.31. The first-order chi connectivity index (χ1) is 11.7. The molecular weight excluding hydrogens is 408 g/mol. The van der Waals surface area contributed by atoms with E-state index in [4.69, 9.17) is 16.3 Å². The van der Waals surface area contributed by atoms with Gasteiger partial charge in [-0.15, -0.1) is 11.8 Å². The van der Waals surface area contributed by atoms with Crippen molar-refractivity contribution in [2.45, 2.75) is 30.9 Å². The van der Waals surface area contributed by atoms with E-state index < -0.39 is 0 Å². The Morgan fingerprint density at radius 1 is 1.46 bits per heavy atom. The fourth-order valence-corrected chi connectivity index (χ4v) is 5.38. The molecule has 1 atom stereocenters. The highest BCUT2D eigenvalue weighted by Crippen LogP contribution is 2.37. The number of ether oxygens (including phenoxy) is 1. The summed E-state index contributed by atoms with van der Waals surface area (Å²) in [5, 5.41) is 4.72. The van der Waals surface area contributed by atoms with Crippen molar-refractivity contribution in [2.24, 2.45) is 4.99 Å². The van der Waals surface area contributed by atoms with Gasteiger partial charge in [-0.1, -0.05) is 33.6 Å². The maximum Gasteiger partial charge on any atom is 0.128 e. The molecule has 3 nitrogen and oxygen atoms in total. The highest BCUT2D eigenvalue weighted by molar-refractivity contribution is 9.11. The second kappa shape index (κ2) is 8.63. The van der Waals surface area contributed by atoms with Crippen molar-refractivity contribution >= 4 is 45.1 Å². The Morgan fingerprint density at radius 3 is 3.08 bits per heavy atom. The molecule has 1 aliphatic heterocycles. The van der Waals surface area contributed by atoms with E-state index in [0.717, 1.165) is 61.2 Å². The number of nitrogens with zero attached hydrogens (tertiary/aromatic N) is 1. The molecule has 2 aliphatic carbocycles. The number of hydrogen-bond donors (Lipinski definition) is 1. The van der Waals surface area contributed by atoms with Gasteiger partial charge in [0.1, 0.15) is 11.6 Å². The van der Waals surface area contributed by atoms with Gasteiger partial charge in [-0.05, 0) is 47.9 Å². The van der Waals surface area contributed by atoms with Gasteiger partial charge in [0, 0.05) is 29.4 Å². The molecule has 1 unspecified atom stereocenters. The standard InChI is InChI=1S/C18H22BrClN2OS/c1-23-16-7-6-12(19)10-17(16)24-11-14-13(4-2-5-15(14)20)18-21-8-3-9-22-18/h4,6-7,17H,2-3,5,8-11H2,1H3,(H,21,22). The minimum absolute atomic E-state index is 0.316. The highest BCUT2D eigenvalue weighted by Gasteiger charge is 2.24. The average Bonchev–Trinajstić information content (AvgIpc) is 2.61. The lowest BCUT2D eigenvalue weighted by Gasteiger charge is -2.26. The molecule has 130 valence electrons. The maximum absolute atomic E-state index is 6.59. The topological polar surface area (TPSA) is 33.6 Å². The van der Waals surface area contributed by atoms with Gasteiger partial charge in [0.05, 0.1) is 12.4 Å². The second-order valence-corrected chi connectivity index (χ2v) is 8.61. The van der Waals surface area contributed by atoms with Crippen molar-refractivity contribution in [2.75, 3.05) is 26.0 Å². The summed E-state index contributed by atoms with van der Waals surface area (Å²) in [6, 6.07) is 0. The van der Waals surface area contributed by atoms with Crippen LogP contribution < -0.4 is 5.32 Å². The Kier molecular flexibility index (Phi) is 6.53. The first kappa shape index (κ1) is 18.2. The van der Waals surface area contributed by atoms with Gasteiger partial charge in [-0.2, -0.15) is 0 Å². The van der Waals surface area contributed by atoms with Gasteiger partial charge in [0.25, 0.3) is 0 Å². The molecule has 0 aromatic heterocycles. The van der Waals surface area contributed by atoms with E-state index in [1.165, 1.54) is 15.6 Å². The smallest absolute Gasteiger partial charge is 0.128 e. The average molecular weight is 430 g/mol. The van der Waals surface area contributed by atoms with Crippen molar-refractivity contribution in [3.05, 3.63) is 44.6 Å². The van der Waals surface area contributed by atoms with E-state index in [9.17, 15) is 0 Å². The number of aliphatic imine (C=N–C) groups is 1. The van der Waals surface area contributed by atoms with Crippen LogP contribution in [-0.2, 0) is 4.74 Å². The number of thioether (sulfide) groups is 1. The number of hydrogen-bond acceptors (Lipinski definition) is 4. The van der Waals surface area contributed by atoms with Gasteiger partial charge in [0.2, 0.25) is 0 Å². The molecular formula is C18H22BrClN2OS. The van der Waals surface area contributed by atoms with Crippen LogP contribution in [-0.4, -0.2) is 37.0 Å². The third-order valence-corrected chi connectivity index (χ3v) is 6.57. The Hall–Kier alpha value is -0.650. The number of nitrogens with one attached hydrogen (secondary N) is 1. The Bertz CT molecular complexity index is 651. The molecule has 1 N–H and O–H groups in total. The SMILES string of the molecule is COC1=CC=C(Br)CC1SCC1=C(Cl)CCC=C1C1=NCCCN1. The predicted octanol–water partition coefficient (Wildman–Crippen LogP) is 4.91. The zero-order chi connectivity index (χ0) is 16.9. The van der Waals surface area contributed by atoms with Crippen LogP contribution in [0.15, 0.2) is 49.6 Å². The van der Waals surface area contributed by atoms with E-state index in [-0.39, 0.29) is 0 Å². The summed E-state index contributed by atoms with van der Waals surface area (Å²) in [4.78, 5) is 4.66. The van der Waals surface area contributed by atoms with E-state index in [1.807, 2.05) is 17.8 Å². The number of halogens is 2.